The van der Waals surface area contributed by atoms with Crippen LogP contribution < -0.4 is 4.90 Å². The molecule has 1 aliphatic rings. The van der Waals surface area contributed by atoms with Crippen LogP contribution >= 0.6 is 0 Å². The lowest BCUT2D eigenvalue weighted by atomic mass is 10.1. The predicted molar refractivity (Wildman–Crippen MR) is 111 cm³/mol. The van der Waals surface area contributed by atoms with E-state index in [1.54, 1.807) is 0 Å². The molecule has 0 amide bonds. The molecule has 0 saturated carbocycles. The molecule has 0 radical (unpaired) electrons. The van der Waals surface area contributed by atoms with Gasteiger partial charge in [0, 0.05) is 31.9 Å². The van der Waals surface area contributed by atoms with Crippen LogP contribution in [0.2, 0.25) is 0 Å². The van der Waals surface area contributed by atoms with Gasteiger partial charge < -0.3 is 15.0 Å². The van der Waals surface area contributed by atoms with E-state index in [9.17, 15) is 10.4 Å². The number of aliphatic hydroxyl groups is 1. The standard InChI is InChI=1S/C22H23N5O/c1-16(26-11-13-27(14-12-26)17-7-3-2-4-8-17)21(28)18(15-23)22-24-19-9-5-6-10-20(19)25-22/h2-10,16,28H,11-14H2,1H3,(H,24,25)/b21-18-/t16-/m1/s1. The molecule has 1 fully saturated rings. The number of fused-ring (bicyclic) bond motifs is 1. The zero-order valence-corrected chi connectivity index (χ0v) is 15.8. The summed E-state index contributed by atoms with van der Waals surface area (Å²) in [5.74, 6) is 0.477. The summed E-state index contributed by atoms with van der Waals surface area (Å²) in [6, 6.07) is 19.8. The van der Waals surface area contributed by atoms with Gasteiger partial charge in [-0.1, -0.05) is 30.3 Å². The molecule has 0 spiro atoms. The van der Waals surface area contributed by atoms with Crippen LogP contribution in [0.3, 0.4) is 0 Å². The van der Waals surface area contributed by atoms with Gasteiger partial charge in [0.25, 0.3) is 0 Å². The SMILES string of the molecule is C[C@H](/C(O)=C(\C#N)c1nc2ccccc2[nH]1)N1CCN(c2ccccc2)CC1. The average molecular weight is 373 g/mol. The topological polar surface area (TPSA) is 79.2 Å². The third-order valence-corrected chi connectivity index (χ3v) is 5.37. The van der Waals surface area contributed by atoms with Gasteiger partial charge in [-0.25, -0.2) is 4.98 Å². The van der Waals surface area contributed by atoms with Gasteiger partial charge >= 0.3 is 0 Å². The molecule has 4 rings (SSSR count). The Balaban J connectivity index is 1.51. The number of para-hydroxylation sites is 3. The molecule has 0 bridgehead atoms. The predicted octanol–water partition coefficient (Wildman–Crippen LogP) is 3.57. The van der Waals surface area contributed by atoms with Crippen molar-refractivity contribution in [2.45, 2.75) is 13.0 Å². The number of hydrogen-bond donors (Lipinski definition) is 2. The molecule has 2 N–H and O–H groups in total. The summed E-state index contributed by atoms with van der Waals surface area (Å²) in [6.07, 6.45) is 0. The average Bonchev–Trinajstić information content (AvgIpc) is 3.18. The van der Waals surface area contributed by atoms with E-state index in [2.05, 4.69) is 38.0 Å². The number of imidazole rings is 1. The smallest absolute Gasteiger partial charge is 0.152 e. The van der Waals surface area contributed by atoms with Crippen molar-refractivity contribution in [3.63, 3.8) is 0 Å². The van der Waals surface area contributed by atoms with Crippen molar-refractivity contribution < 1.29 is 5.11 Å². The number of allylic oxidation sites excluding steroid dienone is 1. The van der Waals surface area contributed by atoms with Crippen LogP contribution in [0.15, 0.2) is 60.4 Å². The number of anilines is 1. The Labute approximate surface area is 164 Å². The number of piperazine rings is 1. The number of nitrogens with one attached hydrogen (secondary N) is 1. The molecule has 6 nitrogen and oxygen atoms in total. The first-order valence-corrected chi connectivity index (χ1v) is 9.50. The van der Waals surface area contributed by atoms with Gasteiger partial charge in [0.1, 0.15) is 17.4 Å². The second kappa shape index (κ2) is 7.75. The number of nitriles is 1. The molecule has 1 atom stereocenters. The van der Waals surface area contributed by atoms with Crippen LogP contribution in [0.4, 0.5) is 5.69 Å². The zero-order chi connectivity index (χ0) is 19.5. The number of aliphatic hydroxyl groups excluding tert-OH is 1. The van der Waals surface area contributed by atoms with Gasteiger partial charge in [0.2, 0.25) is 0 Å². The fraction of sp³-hybridized carbons (Fsp3) is 0.273. The van der Waals surface area contributed by atoms with E-state index in [-0.39, 0.29) is 17.4 Å². The van der Waals surface area contributed by atoms with E-state index in [4.69, 9.17) is 0 Å². The van der Waals surface area contributed by atoms with Crippen molar-refractivity contribution in [2.24, 2.45) is 0 Å². The highest BCUT2D eigenvalue weighted by Gasteiger charge is 2.26. The van der Waals surface area contributed by atoms with Crippen molar-refractivity contribution in [1.29, 1.82) is 5.26 Å². The minimum absolute atomic E-state index is 0.0646. The van der Waals surface area contributed by atoms with Gasteiger partial charge in [-0.2, -0.15) is 5.26 Å². The van der Waals surface area contributed by atoms with E-state index < -0.39 is 0 Å². The first-order valence-electron chi connectivity index (χ1n) is 9.50. The summed E-state index contributed by atoms with van der Waals surface area (Å²) in [5.41, 5.74) is 3.05. The molecule has 1 saturated heterocycles. The molecule has 142 valence electrons. The largest absolute Gasteiger partial charge is 0.509 e. The molecule has 1 aliphatic heterocycles. The highest BCUT2D eigenvalue weighted by Crippen LogP contribution is 2.23. The Morgan fingerprint density at radius 1 is 1.07 bits per heavy atom. The number of aromatic nitrogens is 2. The van der Waals surface area contributed by atoms with Crippen molar-refractivity contribution in [3.8, 4) is 6.07 Å². The molecule has 2 aromatic carbocycles. The molecule has 2 heterocycles. The number of benzene rings is 2. The fourth-order valence-electron chi connectivity index (χ4n) is 3.69. The highest BCUT2D eigenvalue weighted by atomic mass is 16.3. The highest BCUT2D eigenvalue weighted by molar-refractivity contribution is 5.83. The number of aromatic amines is 1. The molecule has 3 aromatic rings. The second-order valence-corrected chi connectivity index (χ2v) is 7.01. The van der Waals surface area contributed by atoms with Crippen LogP contribution in [0.1, 0.15) is 12.7 Å². The maximum absolute atomic E-state index is 10.8. The molecular weight excluding hydrogens is 350 g/mol. The van der Waals surface area contributed by atoms with E-state index in [1.165, 1.54) is 5.69 Å². The van der Waals surface area contributed by atoms with Gasteiger partial charge in [-0.15, -0.1) is 0 Å². The third kappa shape index (κ3) is 3.45. The second-order valence-electron chi connectivity index (χ2n) is 7.01. The van der Waals surface area contributed by atoms with Crippen molar-refractivity contribution in [3.05, 3.63) is 66.2 Å². The van der Waals surface area contributed by atoms with E-state index >= 15 is 0 Å². The Bertz CT molecular complexity index is 993. The Morgan fingerprint density at radius 3 is 2.43 bits per heavy atom. The summed E-state index contributed by atoms with van der Waals surface area (Å²) >= 11 is 0. The monoisotopic (exact) mass is 373 g/mol. The Morgan fingerprint density at radius 2 is 1.75 bits per heavy atom. The van der Waals surface area contributed by atoms with Gasteiger partial charge in [-0.3, -0.25) is 4.90 Å². The number of H-pyrrole nitrogens is 1. The van der Waals surface area contributed by atoms with Crippen LogP contribution in [0, 0.1) is 11.3 Å². The van der Waals surface area contributed by atoms with Crippen molar-refractivity contribution in [1.82, 2.24) is 14.9 Å². The lowest BCUT2D eigenvalue weighted by Crippen LogP contribution is -2.50. The van der Waals surface area contributed by atoms with Crippen LogP contribution in [0.5, 0.6) is 0 Å². The fourth-order valence-corrected chi connectivity index (χ4v) is 3.69. The maximum Gasteiger partial charge on any atom is 0.152 e. The van der Waals surface area contributed by atoms with Crippen molar-refractivity contribution >= 4 is 22.3 Å². The molecular formula is C22H23N5O. The normalized spacial score (nSPS) is 17.2. The lowest BCUT2D eigenvalue weighted by molar-refractivity contribution is 0.178. The summed E-state index contributed by atoms with van der Waals surface area (Å²) in [7, 11) is 0. The van der Waals surface area contributed by atoms with Crippen LogP contribution in [0.25, 0.3) is 16.6 Å². The van der Waals surface area contributed by atoms with Crippen LogP contribution in [-0.2, 0) is 0 Å². The summed E-state index contributed by atoms with van der Waals surface area (Å²) in [6.45, 7) is 5.34. The first-order chi connectivity index (χ1) is 13.7. The summed E-state index contributed by atoms with van der Waals surface area (Å²) in [5, 5.41) is 20.5. The molecule has 0 aliphatic carbocycles. The van der Waals surface area contributed by atoms with Gasteiger partial charge in [0.15, 0.2) is 5.82 Å². The number of rotatable bonds is 4. The molecule has 6 heteroatoms. The van der Waals surface area contributed by atoms with Gasteiger partial charge in [-0.05, 0) is 31.2 Å². The van der Waals surface area contributed by atoms with E-state index in [0.29, 0.717) is 5.82 Å². The minimum Gasteiger partial charge on any atom is -0.509 e. The molecule has 1 aromatic heterocycles. The maximum atomic E-state index is 10.8. The van der Waals surface area contributed by atoms with Crippen molar-refractivity contribution in [2.75, 3.05) is 31.1 Å². The minimum atomic E-state index is -0.249. The summed E-state index contributed by atoms with van der Waals surface area (Å²) in [4.78, 5) is 12.1. The van der Waals surface area contributed by atoms with Crippen LogP contribution in [-0.4, -0.2) is 52.2 Å². The van der Waals surface area contributed by atoms with Gasteiger partial charge in [0.05, 0.1) is 17.1 Å². The zero-order valence-electron chi connectivity index (χ0n) is 15.8. The quantitative estimate of drug-likeness (QED) is 0.540. The number of hydrogen-bond acceptors (Lipinski definition) is 5. The van der Waals surface area contributed by atoms with E-state index in [0.717, 1.165) is 37.2 Å². The summed E-state index contributed by atoms with van der Waals surface area (Å²) < 4.78 is 0. The number of nitrogens with zero attached hydrogens (tertiary/aromatic N) is 4. The Kier molecular flexibility index (Phi) is 5.00. The lowest BCUT2D eigenvalue weighted by Gasteiger charge is -2.39. The third-order valence-electron chi connectivity index (χ3n) is 5.37. The first kappa shape index (κ1) is 18.1. The van der Waals surface area contributed by atoms with E-state index in [1.807, 2.05) is 49.4 Å². The molecule has 0 unspecified atom stereocenters. The molecule has 28 heavy (non-hydrogen) atoms. The Hall–Kier alpha value is -3.30.